The molecule has 7 nitrogen and oxygen atoms in total. The number of carbonyl (C=O) groups excluding carboxylic acids is 2. The molecular weight excluding hydrogens is 366 g/mol. The minimum Gasteiger partial charge on any atom is -0.345 e. The van der Waals surface area contributed by atoms with Gasteiger partial charge in [0.25, 0.3) is 5.91 Å². The van der Waals surface area contributed by atoms with Gasteiger partial charge in [-0.25, -0.2) is 4.98 Å². The fourth-order valence-corrected chi connectivity index (χ4v) is 3.59. The maximum absolute atomic E-state index is 13.0. The van der Waals surface area contributed by atoms with E-state index >= 15 is 0 Å². The van der Waals surface area contributed by atoms with E-state index in [1.54, 1.807) is 24.5 Å². The van der Waals surface area contributed by atoms with Crippen LogP contribution in [0.5, 0.6) is 0 Å². The molecule has 29 heavy (non-hydrogen) atoms. The minimum absolute atomic E-state index is 0.0277. The first kappa shape index (κ1) is 20.5. The van der Waals surface area contributed by atoms with Crippen molar-refractivity contribution in [3.63, 3.8) is 0 Å². The van der Waals surface area contributed by atoms with Crippen LogP contribution in [-0.4, -0.2) is 43.3 Å². The van der Waals surface area contributed by atoms with Crippen LogP contribution in [0.25, 0.3) is 11.0 Å². The van der Waals surface area contributed by atoms with Crippen molar-refractivity contribution in [2.45, 2.75) is 52.9 Å². The summed E-state index contributed by atoms with van der Waals surface area (Å²) in [6, 6.07) is 11.2. The molecule has 2 amide bonds. The molecular formula is C22H27N5O2. The van der Waals surface area contributed by atoms with Crippen molar-refractivity contribution >= 4 is 22.8 Å². The molecule has 1 N–H and O–H groups in total. The maximum atomic E-state index is 13.0. The highest BCUT2D eigenvalue weighted by atomic mass is 16.2. The number of fused-ring (bicyclic) bond motifs is 1. The van der Waals surface area contributed by atoms with Gasteiger partial charge in [-0.05, 0) is 52.0 Å². The number of para-hydroxylation sites is 2. The number of nitrogens with zero attached hydrogens (tertiary/aromatic N) is 4. The van der Waals surface area contributed by atoms with E-state index in [-0.39, 0.29) is 37.0 Å². The van der Waals surface area contributed by atoms with Crippen LogP contribution in [0.3, 0.4) is 0 Å². The number of aromatic nitrogens is 3. The number of nitrogens with one attached hydrogen (secondary N) is 1. The third-order valence-corrected chi connectivity index (χ3v) is 4.78. The SMILES string of the molecule is CC(C)N(C(=O)Cn1c(CNC(=O)c2ccncc2)nc2ccccc21)C(C)C. The number of pyridine rings is 1. The highest BCUT2D eigenvalue weighted by Gasteiger charge is 2.22. The van der Waals surface area contributed by atoms with Crippen LogP contribution in [0.1, 0.15) is 43.9 Å². The third-order valence-electron chi connectivity index (χ3n) is 4.78. The van der Waals surface area contributed by atoms with Gasteiger partial charge in [-0.3, -0.25) is 14.6 Å². The second kappa shape index (κ2) is 8.86. The molecule has 152 valence electrons. The second-order valence-electron chi connectivity index (χ2n) is 7.51. The Morgan fingerprint density at radius 1 is 1.03 bits per heavy atom. The van der Waals surface area contributed by atoms with Gasteiger partial charge in [0.1, 0.15) is 12.4 Å². The zero-order chi connectivity index (χ0) is 21.0. The largest absolute Gasteiger partial charge is 0.345 e. The summed E-state index contributed by atoms with van der Waals surface area (Å²) in [5.74, 6) is 0.470. The molecule has 0 atom stereocenters. The quantitative estimate of drug-likeness (QED) is 0.669. The van der Waals surface area contributed by atoms with Crippen molar-refractivity contribution in [1.82, 2.24) is 24.8 Å². The molecule has 3 aromatic rings. The number of imidazole rings is 1. The van der Waals surface area contributed by atoms with Gasteiger partial charge in [-0.2, -0.15) is 0 Å². The van der Waals surface area contributed by atoms with Gasteiger partial charge in [0, 0.05) is 30.0 Å². The summed E-state index contributed by atoms with van der Waals surface area (Å²) < 4.78 is 1.89. The van der Waals surface area contributed by atoms with Crippen molar-refractivity contribution in [1.29, 1.82) is 0 Å². The molecule has 1 aromatic carbocycles. The average molecular weight is 393 g/mol. The summed E-state index contributed by atoms with van der Waals surface area (Å²) in [5, 5.41) is 2.89. The number of benzene rings is 1. The van der Waals surface area contributed by atoms with E-state index in [0.717, 1.165) is 11.0 Å². The topological polar surface area (TPSA) is 80.1 Å². The normalized spacial score (nSPS) is 11.2. The predicted molar refractivity (Wildman–Crippen MR) is 112 cm³/mol. The number of hydrogen-bond acceptors (Lipinski definition) is 4. The van der Waals surface area contributed by atoms with Crippen LogP contribution >= 0.6 is 0 Å². The number of hydrogen-bond donors (Lipinski definition) is 1. The first-order valence-corrected chi connectivity index (χ1v) is 9.82. The van der Waals surface area contributed by atoms with Crippen molar-refractivity contribution in [3.05, 3.63) is 60.2 Å². The van der Waals surface area contributed by atoms with Crippen molar-refractivity contribution in [2.24, 2.45) is 0 Å². The Bertz CT molecular complexity index is 987. The molecule has 2 heterocycles. The maximum Gasteiger partial charge on any atom is 0.251 e. The van der Waals surface area contributed by atoms with E-state index in [1.807, 2.05) is 61.4 Å². The lowest BCUT2D eigenvalue weighted by atomic mass is 10.2. The van der Waals surface area contributed by atoms with Crippen molar-refractivity contribution in [2.75, 3.05) is 0 Å². The highest BCUT2D eigenvalue weighted by Crippen LogP contribution is 2.18. The highest BCUT2D eigenvalue weighted by molar-refractivity contribution is 5.94. The molecule has 0 aliphatic rings. The fraction of sp³-hybridized carbons (Fsp3) is 0.364. The summed E-state index contributed by atoms with van der Waals surface area (Å²) in [7, 11) is 0. The number of rotatable bonds is 7. The molecule has 0 aliphatic carbocycles. The second-order valence-corrected chi connectivity index (χ2v) is 7.51. The van der Waals surface area contributed by atoms with Gasteiger partial charge in [0.15, 0.2) is 0 Å². The molecule has 0 spiro atoms. The van der Waals surface area contributed by atoms with Crippen LogP contribution in [0, 0.1) is 0 Å². The molecule has 0 unspecified atom stereocenters. The number of carbonyl (C=O) groups is 2. The molecule has 0 saturated carbocycles. The van der Waals surface area contributed by atoms with Crippen molar-refractivity contribution in [3.8, 4) is 0 Å². The first-order chi connectivity index (χ1) is 13.9. The first-order valence-electron chi connectivity index (χ1n) is 9.82. The summed E-state index contributed by atoms with van der Waals surface area (Å²) in [6.45, 7) is 8.46. The summed E-state index contributed by atoms with van der Waals surface area (Å²) in [5.41, 5.74) is 2.21. The Morgan fingerprint density at radius 2 is 1.69 bits per heavy atom. The molecule has 0 fully saturated rings. The minimum atomic E-state index is -0.205. The Labute approximate surface area is 170 Å². The van der Waals surface area contributed by atoms with Crippen LogP contribution in [-0.2, 0) is 17.9 Å². The van der Waals surface area contributed by atoms with Crippen LogP contribution in [0.2, 0.25) is 0 Å². The Kier molecular flexibility index (Phi) is 6.26. The van der Waals surface area contributed by atoms with Gasteiger partial charge in [-0.15, -0.1) is 0 Å². The van der Waals surface area contributed by atoms with Crippen LogP contribution < -0.4 is 5.32 Å². The molecule has 0 aliphatic heterocycles. The summed E-state index contributed by atoms with van der Waals surface area (Å²) in [4.78, 5) is 35.9. The fourth-order valence-electron chi connectivity index (χ4n) is 3.59. The Morgan fingerprint density at radius 3 is 2.34 bits per heavy atom. The van der Waals surface area contributed by atoms with Gasteiger partial charge in [0.05, 0.1) is 17.6 Å². The Balaban J connectivity index is 1.86. The molecule has 0 saturated heterocycles. The lowest BCUT2D eigenvalue weighted by molar-refractivity contribution is -0.135. The molecule has 0 bridgehead atoms. The van der Waals surface area contributed by atoms with E-state index in [0.29, 0.717) is 11.4 Å². The lowest BCUT2D eigenvalue weighted by Crippen LogP contribution is -2.44. The Hall–Kier alpha value is -3.22. The van der Waals surface area contributed by atoms with E-state index in [1.165, 1.54) is 0 Å². The third kappa shape index (κ3) is 4.62. The van der Waals surface area contributed by atoms with Crippen LogP contribution in [0.15, 0.2) is 48.8 Å². The zero-order valence-corrected chi connectivity index (χ0v) is 17.3. The van der Waals surface area contributed by atoms with E-state index in [4.69, 9.17) is 0 Å². The van der Waals surface area contributed by atoms with Gasteiger partial charge < -0.3 is 14.8 Å². The summed E-state index contributed by atoms with van der Waals surface area (Å²) >= 11 is 0. The zero-order valence-electron chi connectivity index (χ0n) is 17.3. The molecule has 3 rings (SSSR count). The van der Waals surface area contributed by atoms with Crippen molar-refractivity contribution < 1.29 is 9.59 Å². The average Bonchev–Trinajstić information content (AvgIpc) is 3.03. The van der Waals surface area contributed by atoms with Gasteiger partial charge in [-0.1, -0.05) is 12.1 Å². The standard InChI is InChI=1S/C22H27N5O2/c1-15(2)27(16(3)4)21(28)14-26-19-8-6-5-7-18(19)25-20(26)13-24-22(29)17-9-11-23-12-10-17/h5-12,15-16H,13-14H2,1-4H3,(H,24,29). The molecule has 0 radical (unpaired) electrons. The summed E-state index contributed by atoms with van der Waals surface area (Å²) in [6.07, 6.45) is 3.16. The van der Waals surface area contributed by atoms with E-state index in [9.17, 15) is 9.59 Å². The van der Waals surface area contributed by atoms with E-state index < -0.39 is 0 Å². The monoisotopic (exact) mass is 393 g/mol. The number of amides is 2. The smallest absolute Gasteiger partial charge is 0.251 e. The molecule has 2 aromatic heterocycles. The van der Waals surface area contributed by atoms with Gasteiger partial charge >= 0.3 is 0 Å². The predicted octanol–water partition coefficient (Wildman–Crippen LogP) is 3.01. The van der Waals surface area contributed by atoms with E-state index in [2.05, 4.69) is 15.3 Å². The van der Waals surface area contributed by atoms with Gasteiger partial charge in [0.2, 0.25) is 5.91 Å². The molecule has 7 heteroatoms. The lowest BCUT2D eigenvalue weighted by Gasteiger charge is -2.31. The van der Waals surface area contributed by atoms with Crippen LogP contribution in [0.4, 0.5) is 0 Å².